The zero-order chi connectivity index (χ0) is 45.4. The average molecular weight is 894 g/mol. The summed E-state index contributed by atoms with van der Waals surface area (Å²) in [5.41, 5.74) is 0. The molecule has 0 heterocycles. The number of carboxylic acid groups (broad SMARTS) is 3. The number of hydrogen-bond donors (Lipinski definition) is 4. The van der Waals surface area contributed by atoms with Crippen molar-refractivity contribution in [3.05, 3.63) is 0 Å². The van der Waals surface area contributed by atoms with Gasteiger partial charge in [-0.15, -0.1) is 0 Å². The van der Waals surface area contributed by atoms with E-state index in [0.717, 1.165) is 44.9 Å². The maximum atomic E-state index is 12.5. The quantitative estimate of drug-likeness (QED) is 0.0494. The van der Waals surface area contributed by atoms with Crippen LogP contribution in [0.1, 0.15) is 141 Å². The van der Waals surface area contributed by atoms with E-state index in [1.165, 1.54) is 57.8 Å². The molecule has 1 atom stereocenters. The Morgan fingerprint density at radius 1 is 0.355 bits per heavy atom. The van der Waals surface area contributed by atoms with Gasteiger partial charge in [0.05, 0.1) is 118 Å². The highest BCUT2D eigenvalue weighted by molar-refractivity contribution is 5.84. The highest BCUT2D eigenvalue weighted by atomic mass is 16.6. The number of ether oxygens (including phenoxy) is 8. The van der Waals surface area contributed by atoms with Crippen molar-refractivity contribution in [2.45, 2.75) is 141 Å². The summed E-state index contributed by atoms with van der Waals surface area (Å²) in [5.74, 6) is -3.81. The second kappa shape index (κ2) is 47.7. The number of amides is 1. The molecule has 364 valence electrons. The van der Waals surface area contributed by atoms with Gasteiger partial charge in [-0.05, 0) is 19.3 Å². The first-order valence-corrected chi connectivity index (χ1v) is 23.3. The van der Waals surface area contributed by atoms with Gasteiger partial charge in [0.25, 0.3) is 0 Å². The molecule has 0 radical (unpaired) electrons. The summed E-state index contributed by atoms with van der Waals surface area (Å²) in [4.78, 5) is 57.3. The fourth-order valence-electron chi connectivity index (χ4n) is 6.22. The minimum Gasteiger partial charge on any atom is -0.481 e. The molecule has 0 aliphatic carbocycles. The largest absolute Gasteiger partial charge is 0.481 e. The van der Waals surface area contributed by atoms with Crippen LogP contribution < -0.4 is 5.32 Å². The Morgan fingerprint density at radius 3 is 1.00 bits per heavy atom. The summed E-state index contributed by atoms with van der Waals surface area (Å²) in [7, 11) is 0. The van der Waals surface area contributed by atoms with Crippen molar-refractivity contribution in [3.8, 4) is 0 Å². The van der Waals surface area contributed by atoms with E-state index in [1.54, 1.807) is 0 Å². The van der Waals surface area contributed by atoms with E-state index < -0.39 is 23.8 Å². The van der Waals surface area contributed by atoms with Crippen LogP contribution in [0.25, 0.3) is 0 Å². The summed E-state index contributed by atoms with van der Waals surface area (Å²) in [6, 6.07) is 0. The molecule has 0 rings (SSSR count). The smallest absolute Gasteiger partial charge is 0.306 e. The normalized spacial score (nSPS) is 11.8. The van der Waals surface area contributed by atoms with Crippen LogP contribution >= 0.6 is 0 Å². The lowest BCUT2D eigenvalue weighted by atomic mass is 9.94. The number of aliphatic carboxylic acids is 3. The van der Waals surface area contributed by atoms with Crippen LogP contribution in [0.2, 0.25) is 0 Å². The van der Waals surface area contributed by atoms with Gasteiger partial charge in [-0.25, -0.2) is 0 Å². The lowest BCUT2D eigenvalue weighted by molar-refractivity contribution is -0.144. The second-order valence-electron chi connectivity index (χ2n) is 15.3. The topological polar surface area (TPSA) is 232 Å². The molecule has 17 nitrogen and oxygen atoms in total. The molecule has 1 amide bonds. The van der Waals surface area contributed by atoms with Gasteiger partial charge in [-0.2, -0.15) is 0 Å². The molecule has 0 unspecified atom stereocenters. The Bertz CT molecular complexity index is 1070. The fraction of sp³-hybridized carbons (Fsp3) is 0.889. The van der Waals surface area contributed by atoms with Gasteiger partial charge >= 0.3 is 17.9 Å². The third-order valence-corrected chi connectivity index (χ3v) is 9.77. The maximum absolute atomic E-state index is 12.5. The summed E-state index contributed by atoms with van der Waals surface area (Å²) in [6.45, 7) is 6.58. The van der Waals surface area contributed by atoms with Crippen molar-refractivity contribution in [2.24, 2.45) is 5.92 Å². The van der Waals surface area contributed by atoms with Crippen LogP contribution in [-0.4, -0.2) is 157 Å². The van der Waals surface area contributed by atoms with Crippen molar-refractivity contribution in [1.82, 2.24) is 5.32 Å². The minimum atomic E-state index is -1.05. The van der Waals surface area contributed by atoms with Crippen molar-refractivity contribution in [1.29, 1.82) is 0 Å². The van der Waals surface area contributed by atoms with Crippen LogP contribution in [0, 0.1) is 5.92 Å². The van der Waals surface area contributed by atoms with Gasteiger partial charge < -0.3 is 58.5 Å². The minimum absolute atomic E-state index is 0.0180. The Hall–Kier alpha value is -2.77. The highest BCUT2D eigenvalue weighted by Crippen LogP contribution is 2.17. The van der Waals surface area contributed by atoms with Crippen molar-refractivity contribution < 1.29 is 77.2 Å². The highest BCUT2D eigenvalue weighted by Gasteiger charge is 2.22. The molecule has 0 spiro atoms. The van der Waals surface area contributed by atoms with Crippen molar-refractivity contribution >= 4 is 29.6 Å². The van der Waals surface area contributed by atoms with E-state index in [0.29, 0.717) is 112 Å². The van der Waals surface area contributed by atoms with Crippen LogP contribution in [0.15, 0.2) is 0 Å². The first-order valence-electron chi connectivity index (χ1n) is 23.3. The monoisotopic (exact) mass is 894 g/mol. The molecule has 0 aromatic heterocycles. The summed E-state index contributed by atoms with van der Waals surface area (Å²) in [5, 5.41) is 29.5. The number of carbonyl (C=O) groups excluding carboxylic acids is 2. The number of ketones is 1. The van der Waals surface area contributed by atoms with E-state index in [9.17, 15) is 29.1 Å². The Kier molecular flexibility index (Phi) is 45.6. The molecule has 0 aromatic rings. The number of hydrogen-bond acceptors (Lipinski definition) is 13. The Morgan fingerprint density at radius 2 is 0.661 bits per heavy atom. The van der Waals surface area contributed by atoms with Gasteiger partial charge in [0.2, 0.25) is 5.91 Å². The summed E-state index contributed by atoms with van der Waals surface area (Å²) in [6.07, 6.45) is 19.0. The van der Waals surface area contributed by atoms with E-state index in [2.05, 4.69) is 5.32 Å². The third-order valence-electron chi connectivity index (χ3n) is 9.77. The van der Waals surface area contributed by atoms with Gasteiger partial charge in [-0.1, -0.05) is 89.9 Å². The molecule has 0 saturated heterocycles. The molecule has 4 N–H and O–H groups in total. The first kappa shape index (κ1) is 59.2. The molecule has 0 aliphatic heterocycles. The molecule has 0 saturated carbocycles. The number of unbranched alkanes of at least 4 members (excludes halogenated alkanes) is 15. The lowest BCUT2D eigenvalue weighted by Gasteiger charge is -2.12. The summed E-state index contributed by atoms with van der Waals surface area (Å²) >= 11 is 0. The van der Waals surface area contributed by atoms with Gasteiger partial charge in [0, 0.05) is 32.2 Å². The number of carbonyl (C=O) groups is 5. The van der Waals surface area contributed by atoms with E-state index in [-0.39, 0.29) is 50.4 Å². The van der Waals surface area contributed by atoms with Crippen LogP contribution in [0.4, 0.5) is 0 Å². The first-order chi connectivity index (χ1) is 30.2. The van der Waals surface area contributed by atoms with Gasteiger partial charge in [0.1, 0.15) is 5.78 Å². The van der Waals surface area contributed by atoms with E-state index >= 15 is 0 Å². The van der Waals surface area contributed by atoms with Crippen molar-refractivity contribution in [2.75, 3.05) is 112 Å². The predicted octanol–water partition coefficient (Wildman–Crippen LogP) is 6.26. The Labute approximate surface area is 370 Å². The molecular weight excluding hydrogens is 810 g/mol. The van der Waals surface area contributed by atoms with Gasteiger partial charge in [-0.3, -0.25) is 24.0 Å². The Balaban J connectivity index is 3.48. The van der Waals surface area contributed by atoms with Gasteiger partial charge in [0.15, 0.2) is 0 Å². The standard InChI is InChI=1S/C45H83NO16/c47-41(17-15-13-11-9-7-5-3-1-2-4-6-8-10-12-14-16-18-43(49)50)39-40(45(53)54)19-20-42(48)46-22-24-56-26-28-58-30-32-60-34-36-62-38-37-61-35-33-59-31-29-57-27-25-55-23-21-44(51)52/h40H,1-39H2,(H,46,48)(H,49,50)(H,51,52)(H,53,54)/t40-/m1/s1. The summed E-state index contributed by atoms with van der Waals surface area (Å²) < 4.78 is 43.1. The molecule has 0 aromatic carbocycles. The lowest BCUT2D eigenvalue weighted by Crippen LogP contribution is -2.29. The molecule has 0 bridgehead atoms. The molecule has 0 fully saturated rings. The van der Waals surface area contributed by atoms with E-state index in [1.807, 2.05) is 0 Å². The maximum Gasteiger partial charge on any atom is 0.306 e. The van der Waals surface area contributed by atoms with Crippen LogP contribution in [0.5, 0.6) is 0 Å². The predicted molar refractivity (Wildman–Crippen MR) is 233 cm³/mol. The SMILES string of the molecule is O=C(O)CCCCCCCCCCCCCCCCCCC(=O)C[C@@H](CCC(=O)NCCOCCOCCOCCOCCOCCOCCOCCOCCC(=O)O)C(=O)O. The molecule has 17 heteroatoms. The zero-order valence-electron chi connectivity index (χ0n) is 37.8. The number of nitrogens with one attached hydrogen (secondary N) is 1. The average Bonchev–Trinajstić information content (AvgIpc) is 3.24. The fourth-order valence-corrected chi connectivity index (χ4v) is 6.22. The van der Waals surface area contributed by atoms with E-state index in [4.69, 9.17) is 48.1 Å². The molecule has 62 heavy (non-hydrogen) atoms. The van der Waals surface area contributed by atoms with Crippen LogP contribution in [-0.2, 0) is 61.9 Å². The number of rotatable bonds is 52. The molecule has 0 aliphatic rings. The second-order valence-corrected chi connectivity index (χ2v) is 15.3. The zero-order valence-corrected chi connectivity index (χ0v) is 37.8. The molecular formula is C45H83NO16. The number of carboxylic acids is 3. The number of Topliss-reactive ketones (excluding diaryl/α,β-unsaturated/α-hetero) is 1. The van der Waals surface area contributed by atoms with Crippen LogP contribution in [0.3, 0.4) is 0 Å². The van der Waals surface area contributed by atoms with Crippen molar-refractivity contribution in [3.63, 3.8) is 0 Å². The third kappa shape index (κ3) is 48.3.